The molecule has 5 rings (SSSR count). The highest BCUT2D eigenvalue weighted by atomic mass is 19.3. The largest absolute Gasteiger partial charge is 0.371 e. The fourth-order valence-electron chi connectivity index (χ4n) is 4.78. The molecular weight excluding hydrogens is 542 g/mol. The summed E-state index contributed by atoms with van der Waals surface area (Å²) in [4.78, 5) is 72.8. The Kier molecular flexibility index (Phi) is 7.15. The summed E-state index contributed by atoms with van der Waals surface area (Å²) in [6, 6.07) is 0.495. The first-order valence-electron chi connectivity index (χ1n) is 12.6. The number of piperidine rings is 1. The first-order chi connectivity index (χ1) is 19.5. The number of Topliss-reactive ketones (excluding diaryl/α,β-unsaturated/α-hetero) is 1. The fraction of sp³-hybridized carbons (Fsp3) is 0.400. The van der Waals surface area contributed by atoms with Crippen LogP contribution >= 0.6 is 0 Å². The molecule has 2 aliphatic rings. The van der Waals surface area contributed by atoms with Crippen molar-refractivity contribution in [2.45, 2.75) is 25.8 Å². The van der Waals surface area contributed by atoms with E-state index >= 15 is 0 Å². The van der Waals surface area contributed by atoms with Crippen molar-refractivity contribution in [2.24, 2.45) is 11.8 Å². The molecule has 0 radical (unpaired) electrons. The first kappa shape index (κ1) is 27.7. The van der Waals surface area contributed by atoms with Gasteiger partial charge in [-0.3, -0.25) is 24.1 Å². The molecular formula is C25H26F2N10O4. The lowest BCUT2D eigenvalue weighted by atomic mass is 10.2. The van der Waals surface area contributed by atoms with Crippen molar-refractivity contribution in [3.63, 3.8) is 0 Å². The zero-order valence-electron chi connectivity index (χ0n) is 22.3. The molecule has 1 aliphatic heterocycles. The van der Waals surface area contributed by atoms with Gasteiger partial charge >= 0.3 is 0 Å². The second kappa shape index (κ2) is 10.6. The number of anilines is 3. The number of rotatable bonds is 10. The number of hydrogen-bond acceptors (Lipinski definition) is 11. The molecule has 3 atom stereocenters. The average molecular weight is 569 g/mol. The highest BCUT2D eigenvalue weighted by molar-refractivity contribution is 6.05. The number of carbonyl (C=O) groups is 4. The van der Waals surface area contributed by atoms with Gasteiger partial charge in [0.2, 0.25) is 18.3 Å². The Bertz CT molecular complexity index is 1500. The van der Waals surface area contributed by atoms with Crippen LogP contribution in [0.15, 0.2) is 31.0 Å². The minimum absolute atomic E-state index is 0.0804. The molecule has 0 bridgehead atoms. The average Bonchev–Trinajstić information content (AvgIpc) is 3.38. The molecule has 2 N–H and O–H groups in total. The van der Waals surface area contributed by atoms with Crippen molar-refractivity contribution in [3.8, 4) is 11.4 Å². The number of hydrogen-bond donors (Lipinski definition) is 2. The van der Waals surface area contributed by atoms with Gasteiger partial charge in [0.15, 0.2) is 17.3 Å². The van der Waals surface area contributed by atoms with Crippen molar-refractivity contribution in [3.05, 3.63) is 36.7 Å². The van der Waals surface area contributed by atoms with Crippen LogP contribution in [0.1, 0.15) is 30.4 Å². The number of nitrogens with one attached hydrogen (secondary N) is 2. The van der Waals surface area contributed by atoms with Crippen LogP contribution in [0, 0.1) is 11.8 Å². The molecule has 3 amide bonds. The van der Waals surface area contributed by atoms with Gasteiger partial charge in [0.25, 0.3) is 11.8 Å². The summed E-state index contributed by atoms with van der Waals surface area (Å²) in [7, 11) is 1.52. The van der Waals surface area contributed by atoms with E-state index in [0.29, 0.717) is 16.4 Å². The van der Waals surface area contributed by atoms with Crippen molar-refractivity contribution in [1.82, 2.24) is 34.4 Å². The van der Waals surface area contributed by atoms with Crippen molar-refractivity contribution in [2.75, 3.05) is 42.2 Å². The molecule has 3 aromatic rings. The Balaban J connectivity index is 1.29. The number of imidazole rings is 1. The highest BCUT2D eigenvalue weighted by Crippen LogP contribution is 2.59. The second-order valence-corrected chi connectivity index (χ2v) is 9.83. The summed E-state index contributed by atoms with van der Waals surface area (Å²) in [6.07, 6.45) is 5.92. The number of alkyl halides is 2. The molecule has 4 heterocycles. The van der Waals surface area contributed by atoms with E-state index in [-0.39, 0.29) is 42.7 Å². The Morgan fingerprint density at radius 2 is 1.85 bits per heavy atom. The van der Waals surface area contributed by atoms with E-state index in [4.69, 9.17) is 0 Å². The van der Waals surface area contributed by atoms with E-state index in [1.54, 1.807) is 4.90 Å². The van der Waals surface area contributed by atoms with Crippen LogP contribution in [0.3, 0.4) is 0 Å². The summed E-state index contributed by atoms with van der Waals surface area (Å²) in [5, 5.41) is 5.41. The van der Waals surface area contributed by atoms with Gasteiger partial charge in [-0.2, -0.15) is 0 Å². The van der Waals surface area contributed by atoms with E-state index in [1.165, 1.54) is 56.4 Å². The number of fused-ring (bicyclic) bond motifs is 1. The standard InChI is InChI=1S/C25H26F2N10O4/c1-13(39)8-36(12-38)23(41)19-21(28-3)32-11-37(19)14(2)22(40)34-18-4-5-29-20(33-18)15-6-30-24(31-7-15)35-9-16-17(10-35)25(16,26)27/h4-7,11-12,14,16-17,28H,8-10H2,1-3H3,(H,29,33,34,40)/t14-,16?,17?/m0/s1. The van der Waals surface area contributed by atoms with Crippen LogP contribution < -0.4 is 15.5 Å². The zero-order chi connectivity index (χ0) is 29.5. The molecule has 41 heavy (non-hydrogen) atoms. The lowest BCUT2D eigenvalue weighted by Gasteiger charge is -2.20. The van der Waals surface area contributed by atoms with E-state index in [1.807, 2.05) is 0 Å². The maximum atomic E-state index is 13.5. The molecule has 2 unspecified atom stereocenters. The Hall–Kier alpha value is -4.89. The van der Waals surface area contributed by atoms with Gasteiger partial charge in [0.05, 0.1) is 30.3 Å². The van der Waals surface area contributed by atoms with E-state index in [2.05, 4.69) is 35.6 Å². The third kappa shape index (κ3) is 5.19. The lowest BCUT2D eigenvalue weighted by Crippen LogP contribution is -2.36. The number of ketones is 1. The van der Waals surface area contributed by atoms with Crippen molar-refractivity contribution < 1.29 is 28.0 Å². The van der Waals surface area contributed by atoms with Crippen LogP contribution in [0.25, 0.3) is 11.4 Å². The topological polar surface area (TPSA) is 168 Å². The molecule has 3 aromatic heterocycles. The number of nitrogens with zero attached hydrogens (tertiary/aromatic N) is 8. The summed E-state index contributed by atoms with van der Waals surface area (Å²) < 4.78 is 28.3. The molecule has 0 aromatic carbocycles. The minimum atomic E-state index is -2.60. The third-order valence-electron chi connectivity index (χ3n) is 7.10. The predicted octanol–water partition coefficient (Wildman–Crippen LogP) is 1.26. The fourth-order valence-corrected chi connectivity index (χ4v) is 4.78. The number of carbonyl (C=O) groups excluding carboxylic acids is 4. The summed E-state index contributed by atoms with van der Waals surface area (Å²) in [6.45, 7) is 2.75. The van der Waals surface area contributed by atoms with E-state index < -0.39 is 47.9 Å². The van der Waals surface area contributed by atoms with Crippen LogP contribution in [0.5, 0.6) is 0 Å². The summed E-state index contributed by atoms with van der Waals surface area (Å²) >= 11 is 0. The third-order valence-corrected chi connectivity index (χ3v) is 7.10. The molecule has 2 fully saturated rings. The number of amides is 3. The van der Waals surface area contributed by atoms with Crippen molar-refractivity contribution >= 4 is 41.6 Å². The Morgan fingerprint density at radius 3 is 2.46 bits per heavy atom. The van der Waals surface area contributed by atoms with Crippen LogP contribution in [-0.4, -0.2) is 91.0 Å². The van der Waals surface area contributed by atoms with Gasteiger partial charge in [-0.1, -0.05) is 0 Å². The maximum absolute atomic E-state index is 13.5. The van der Waals surface area contributed by atoms with Gasteiger partial charge in [-0.05, 0) is 19.9 Å². The van der Waals surface area contributed by atoms with Crippen molar-refractivity contribution in [1.29, 1.82) is 0 Å². The molecule has 14 nitrogen and oxygen atoms in total. The summed E-state index contributed by atoms with van der Waals surface area (Å²) in [5.74, 6) is -4.80. The van der Waals surface area contributed by atoms with Gasteiger partial charge in [-0.15, -0.1) is 0 Å². The van der Waals surface area contributed by atoms with Gasteiger partial charge in [0.1, 0.15) is 17.6 Å². The minimum Gasteiger partial charge on any atom is -0.371 e. The summed E-state index contributed by atoms with van der Waals surface area (Å²) in [5.41, 5.74) is 0.372. The van der Waals surface area contributed by atoms with Crippen LogP contribution in [-0.2, 0) is 14.4 Å². The Morgan fingerprint density at radius 1 is 1.17 bits per heavy atom. The molecule has 16 heteroatoms. The first-order valence-corrected chi connectivity index (χ1v) is 12.6. The smallest absolute Gasteiger partial charge is 0.281 e. The van der Waals surface area contributed by atoms with Gasteiger partial charge in [-0.25, -0.2) is 33.7 Å². The number of aromatic nitrogens is 6. The number of halogens is 2. The van der Waals surface area contributed by atoms with E-state index in [0.717, 1.165) is 0 Å². The quantitative estimate of drug-likeness (QED) is 0.338. The lowest BCUT2D eigenvalue weighted by molar-refractivity contribution is -0.123. The van der Waals surface area contributed by atoms with Gasteiger partial charge < -0.3 is 20.1 Å². The normalized spacial score (nSPS) is 19.2. The molecule has 1 aliphatic carbocycles. The highest BCUT2D eigenvalue weighted by Gasteiger charge is 2.72. The Labute approximate surface area is 232 Å². The number of imide groups is 1. The maximum Gasteiger partial charge on any atom is 0.281 e. The molecule has 1 saturated heterocycles. The SMILES string of the molecule is CNc1ncn([C@@H](C)C(=O)Nc2ccnc(-c3cnc(N4CC5C(C4)C5(F)F)nc3)n2)c1C(=O)N(C=O)CC(C)=O. The van der Waals surface area contributed by atoms with Gasteiger partial charge in [0, 0.05) is 38.7 Å². The monoisotopic (exact) mass is 568 g/mol. The molecule has 0 spiro atoms. The van der Waals surface area contributed by atoms with Crippen LogP contribution in [0.4, 0.5) is 26.4 Å². The predicted molar refractivity (Wildman–Crippen MR) is 140 cm³/mol. The van der Waals surface area contributed by atoms with Crippen LogP contribution in [0.2, 0.25) is 0 Å². The zero-order valence-corrected chi connectivity index (χ0v) is 22.3. The molecule has 1 saturated carbocycles. The second-order valence-electron chi connectivity index (χ2n) is 9.83. The molecule has 214 valence electrons. The van der Waals surface area contributed by atoms with E-state index in [9.17, 15) is 28.0 Å².